The van der Waals surface area contributed by atoms with Crippen LogP contribution in [0.3, 0.4) is 0 Å². The second kappa shape index (κ2) is 9.99. The van der Waals surface area contributed by atoms with Crippen LogP contribution in [0.4, 0.5) is 11.4 Å². The van der Waals surface area contributed by atoms with E-state index in [1.165, 1.54) is 71.4 Å². The Kier molecular flexibility index (Phi) is 5.34. The summed E-state index contributed by atoms with van der Waals surface area (Å²) in [5, 5.41) is 9.96. The molecule has 0 radical (unpaired) electrons. The molecule has 0 amide bonds. The molecule has 51 heavy (non-hydrogen) atoms. The van der Waals surface area contributed by atoms with Gasteiger partial charge in [0.25, 0.3) is 0 Å². The predicted molar refractivity (Wildman–Crippen MR) is 210 cm³/mol. The summed E-state index contributed by atoms with van der Waals surface area (Å²) < 4.78 is 12.8. The van der Waals surface area contributed by atoms with Gasteiger partial charge in [0.05, 0.1) is 5.92 Å². The van der Waals surface area contributed by atoms with Gasteiger partial charge in [-0.1, -0.05) is 121 Å². The van der Waals surface area contributed by atoms with E-state index in [4.69, 9.17) is 9.15 Å². The van der Waals surface area contributed by atoms with Crippen LogP contribution >= 0.6 is 0 Å². The van der Waals surface area contributed by atoms with Crippen LogP contribution in [-0.2, 0) is 0 Å². The number of furan rings is 1. The minimum atomic E-state index is -0.117. The highest BCUT2D eigenvalue weighted by molar-refractivity contribution is 6.27. The van der Waals surface area contributed by atoms with E-state index in [0.717, 1.165) is 33.4 Å². The van der Waals surface area contributed by atoms with Crippen molar-refractivity contribution >= 4 is 65.6 Å². The quantitative estimate of drug-likeness (QED) is 0.178. The van der Waals surface area contributed by atoms with Crippen molar-refractivity contribution in [2.45, 2.75) is 12.1 Å². The SMILES string of the molecule is c1cc(-c2ccc3ccc4c(-c5ccc6oc7ccccc7c6c5)ccc5ccc2c3c54)cc(N2c3ccccc3C3c4ccccc4OC32)c1. The molecule has 2 unspecified atom stereocenters. The van der Waals surface area contributed by atoms with Crippen molar-refractivity contribution in [1.82, 2.24) is 0 Å². The van der Waals surface area contributed by atoms with Crippen LogP contribution in [0.5, 0.6) is 5.75 Å². The van der Waals surface area contributed by atoms with Crippen molar-refractivity contribution in [3.05, 3.63) is 175 Å². The monoisotopic (exact) mass is 651 g/mol. The summed E-state index contributed by atoms with van der Waals surface area (Å²) in [4.78, 5) is 2.39. The summed E-state index contributed by atoms with van der Waals surface area (Å²) in [5.41, 5.74) is 11.6. The minimum absolute atomic E-state index is 0.117. The van der Waals surface area contributed by atoms with Crippen molar-refractivity contribution in [3.63, 3.8) is 0 Å². The van der Waals surface area contributed by atoms with Crippen LogP contribution in [0, 0.1) is 0 Å². The first kappa shape index (κ1) is 27.3. The van der Waals surface area contributed by atoms with E-state index in [-0.39, 0.29) is 12.1 Å². The molecule has 0 saturated carbocycles. The molecule has 3 heteroatoms. The molecule has 0 spiro atoms. The fourth-order valence-corrected chi connectivity index (χ4v) is 9.13. The van der Waals surface area contributed by atoms with Gasteiger partial charge in [-0.3, -0.25) is 0 Å². The number of rotatable bonds is 3. The van der Waals surface area contributed by atoms with E-state index in [1.807, 2.05) is 12.1 Å². The molecule has 12 rings (SSSR count). The number of ether oxygens (including phenoxy) is 1. The maximum Gasteiger partial charge on any atom is 0.187 e. The van der Waals surface area contributed by atoms with Gasteiger partial charge in [0.1, 0.15) is 16.9 Å². The average Bonchev–Trinajstić information content (AvgIpc) is 3.85. The maximum atomic E-state index is 6.68. The third kappa shape index (κ3) is 3.72. The van der Waals surface area contributed by atoms with Gasteiger partial charge < -0.3 is 14.1 Å². The van der Waals surface area contributed by atoms with E-state index in [9.17, 15) is 0 Å². The Bertz CT molecular complexity index is 3040. The Morgan fingerprint density at radius 3 is 1.94 bits per heavy atom. The summed E-state index contributed by atoms with van der Waals surface area (Å²) in [7, 11) is 0. The maximum absolute atomic E-state index is 6.68. The van der Waals surface area contributed by atoms with Crippen LogP contribution in [0.1, 0.15) is 17.0 Å². The van der Waals surface area contributed by atoms with Crippen molar-refractivity contribution in [2.75, 3.05) is 4.90 Å². The molecule has 2 aliphatic rings. The smallest absolute Gasteiger partial charge is 0.187 e. The molecule has 3 nitrogen and oxygen atoms in total. The van der Waals surface area contributed by atoms with E-state index >= 15 is 0 Å². The van der Waals surface area contributed by atoms with Gasteiger partial charge in [-0.25, -0.2) is 0 Å². The molecule has 10 aromatic rings. The zero-order valence-corrected chi connectivity index (χ0v) is 27.5. The lowest BCUT2D eigenvalue weighted by Gasteiger charge is -2.27. The van der Waals surface area contributed by atoms with Crippen LogP contribution in [0.15, 0.2) is 168 Å². The van der Waals surface area contributed by atoms with Gasteiger partial charge in [0.2, 0.25) is 0 Å². The molecule has 0 aliphatic carbocycles. The van der Waals surface area contributed by atoms with E-state index in [2.05, 4.69) is 157 Å². The number of hydrogen-bond acceptors (Lipinski definition) is 3. The molecule has 2 atom stereocenters. The molecular weight excluding hydrogens is 623 g/mol. The molecule has 0 fully saturated rings. The summed E-state index contributed by atoms with van der Waals surface area (Å²) in [5.74, 6) is 1.16. The lowest BCUT2D eigenvalue weighted by Crippen LogP contribution is -2.32. The van der Waals surface area contributed by atoms with Gasteiger partial charge >= 0.3 is 0 Å². The second-order valence-corrected chi connectivity index (χ2v) is 14.0. The summed E-state index contributed by atoms with van der Waals surface area (Å²) in [6.45, 7) is 0. The highest BCUT2D eigenvalue weighted by Gasteiger charge is 2.47. The van der Waals surface area contributed by atoms with Gasteiger partial charge in [0, 0.05) is 27.7 Å². The molecule has 2 aliphatic heterocycles. The van der Waals surface area contributed by atoms with E-state index in [0.29, 0.717) is 0 Å². The lowest BCUT2D eigenvalue weighted by molar-refractivity contribution is 0.234. The number of para-hydroxylation sites is 3. The van der Waals surface area contributed by atoms with E-state index in [1.54, 1.807) is 0 Å². The standard InChI is InChI=1S/C48H29NO2/c1-4-13-41-38(11-1)47-39-12-3-6-15-43(39)51-48(47)49(41)32-9-7-8-30(26-32)33-21-16-28-19-24-37-34(22-17-29-18-23-36(33)45(28)46(29)37)31-20-25-44-40(27-31)35-10-2-5-14-42(35)50-44/h1-27,47-48H. The summed E-state index contributed by atoms with van der Waals surface area (Å²) >= 11 is 0. The average molecular weight is 652 g/mol. The lowest BCUT2D eigenvalue weighted by atomic mass is 9.87. The largest absolute Gasteiger partial charge is 0.469 e. The Labute approximate surface area is 293 Å². The molecular formula is C48H29NO2. The topological polar surface area (TPSA) is 25.6 Å². The van der Waals surface area contributed by atoms with Gasteiger partial charge in [-0.2, -0.15) is 0 Å². The number of anilines is 2. The zero-order valence-electron chi connectivity index (χ0n) is 27.5. The van der Waals surface area contributed by atoms with Crippen molar-refractivity contribution < 1.29 is 9.15 Å². The molecule has 9 aromatic carbocycles. The highest BCUT2D eigenvalue weighted by atomic mass is 16.5. The first-order valence-corrected chi connectivity index (χ1v) is 17.6. The Morgan fingerprint density at radius 1 is 0.451 bits per heavy atom. The number of nitrogens with zero attached hydrogens (tertiary/aromatic N) is 1. The van der Waals surface area contributed by atoms with Gasteiger partial charge in [-0.05, 0) is 103 Å². The zero-order chi connectivity index (χ0) is 33.2. The number of hydrogen-bond donors (Lipinski definition) is 0. The Balaban J connectivity index is 1.02. The number of fused-ring (bicyclic) bond motifs is 8. The first-order chi connectivity index (χ1) is 25.3. The minimum Gasteiger partial charge on any atom is -0.469 e. The van der Waals surface area contributed by atoms with Crippen LogP contribution in [0.25, 0.3) is 76.5 Å². The predicted octanol–water partition coefficient (Wildman–Crippen LogP) is 12.8. The normalized spacial score (nSPS) is 16.4. The third-order valence-corrected chi connectivity index (χ3v) is 11.4. The van der Waals surface area contributed by atoms with Crippen LogP contribution in [0.2, 0.25) is 0 Å². The molecule has 0 N–H and O–H groups in total. The van der Waals surface area contributed by atoms with Crippen LogP contribution in [-0.4, -0.2) is 6.23 Å². The molecule has 238 valence electrons. The molecule has 0 bridgehead atoms. The van der Waals surface area contributed by atoms with Crippen LogP contribution < -0.4 is 9.64 Å². The van der Waals surface area contributed by atoms with Gasteiger partial charge in [0.15, 0.2) is 6.23 Å². The number of benzene rings is 9. The first-order valence-electron chi connectivity index (χ1n) is 17.6. The summed E-state index contributed by atoms with van der Waals surface area (Å²) in [6, 6.07) is 59.5. The van der Waals surface area contributed by atoms with Crippen molar-refractivity contribution in [1.29, 1.82) is 0 Å². The second-order valence-electron chi connectivity index (χ2n) is 14.0. The Morgan fingerprint density at radius 2 is 1.12 bits per heavy atom. The van der Waals surface area contributed by atoms with Crippen molar-refractivity contribution in [3.8, 4) is 28.0 Å². The van der Waals surface area contributed by atoms with Gasteiger partial charge in [-0.15, -0.1) is 0 Å². The summed E-state index contributed by atoms with van der Waals surface area (Å²) in [6.07, 6.45) is -0.117. The highest BCUT2D eigenvalue weighted by Crippen LogP contribution is 2.54. The fraction of sp³-hybridized carbons (Fsp3) is 0.0417. The molecule has 0 saturated heterocycles. The van der Waals surface area contributed by atoms with E-state index < -0.39 is 0 Å². The molecule has 1 aromatic heterocycles. The van der Waals surface area contributed by atoms with Crippen molar-refractivity contribution in [2.24, 2.45) is 0 Å². The molecule has 3 heterocycles. The Hall–Kier alpha value is -6.58. The fourth-order valence-electron chi connectivity index (χ4n) is 9.13. The third-order valence-electron chi connectivity index (χ3n) is 11.4.